The number of phosphoric acid groups is 1. The molecule has 0 heterocycles. The fraction of sp³-hybridized carbons (Fsp3) is 0.935. The standard InChI is InChI=1S/C62H123N2O7P/c1-7-10-13-16-19-22-25-28-30-32-34-36-39-42-45-48-51-54-61(65)63-59(58-70-72(67,68)69-57-56-64(4,5)6)60(53-50-47-44-41-38-27-24-21-18-15-12-9-3)71-62(66)55-52-49-46-43-40-37-35-33-31-29-26-23-20-17-14-11-8-2/h50,53,59-60H,7-49,51-52,54-58H2,1-6H3,(H-,63,65,67,68)/p+1/b53-50+. The van der Waals surface area contributed by atoms with Gasteiger partial charge in [-0.3, -0.25) is 18.6 Å². The quantitative estimate of drug-likeness (QED) is 0.0205. The van der Waals surface area contributed by atoms with E-state index in [9.17, 15) is 19.0 Å². The van der Waals surface area contributed by atoms with Gasteiger partial charge in [0.25, 0.3) is 0 Å². The first kappa shape index (κ1) is 70.8. The minimum atomic E-state index is -4.44. The van der Waals surface area contributed by atoms with Crippen LogP contribution in [-0.2, 0) is 27.9 Å². The molecule has 3 unspecified atom stereocenters. The van der Waals surface area contributed by atoms with E-state index in [-0.39, 0.29) is 25.1 Å². The molecule has 0 fully saturated rings. The Bertz CT molecular complexity index is 1240. The van der Waals surface area contributed by atoms with E-state index in [4.69, 9.17) is 13.8 Å². The second kappa shape index (κ2) is 53.2. The number of carbonyl (C=O) groups excluding carboxylic acids is 2. The van der Waals surface area contributed by atoms with Gasteiger partial charge in [-0.2, -0.15) is 0 Å². The number of esters is 1. The molecule has 0 rings (SSSR count). The third kappa shape index (κ3) is 53.6. The molecule has 0 saturated carbocycles. The van der Waals surface area contributed by atoms with E-state index in [0.29, 0.717) is 23.9 Å². The molecule has 0 aromatic carbocycles. The van der Waals surface area contributed by atoms with Crippen LogP contribution in [0.2, 0.25) is 0 Å². The van der Waals surface area contributed by atoms with Gasteiger partial charge in [0.1, 0.15) is 19.3 Å². The first-order valence-electron chi connectivity index (χ1n) is 31.5. The van der Waals surface area contributed by atoms with Crippen molar-refractivity contribution >= 4 is 19.7 Å². The largest absolute Gasteiger partial charge is 0.472 e. The number of amides is 1. The molecule has 0 aromatic heterocycles. The van der Waals surface area contributed by atoms with Crippen molar-refractivity contribution in [1.82, 2.24) is 5.32 Å². The van der Waals surface area contributed by atoms with E-state index >= 15 is 0 Å². The number of quaternary nitrogens is 1. The third-order valence-electron chi connectivity index (χ3n) is 14.5. The molecular weight excluding hydrogens is 916 g/mol. The Balaban J connectivity index is 5.21. The van der Waals surface area contributed by atoms with Crippen LogP contribution in [0.25, 0.3) is 0 Å². The average Bonchev–Trinajstić information content (AvgIpc) is 3.34. The normalized spacial score (nSPS) is 13.7. The van der Waals surface area contributed by atoms with Crippen LogP contribution in [0.5, 0.6) is 0 Å². The highest BCUT2D eigenvalue weighted by Crippen LogP contribution is 2.43. The highest BCUT2D eigenvalue weighted by atomic mass is 31.2. The summed E-state index contributed by atoms with van der Waals surface area (Å²) in [6.07, 6.45) is 60.6. The van der Waals surface area contributed by atoms with Gasteiger partial charge in [-0.15, -0.1) is 0 Å². The van der Waals surface area contributed by atoms with Crippen LogP contribution in [0.4, 0.5) is 0 Å². The molecule has 2 N–H and O–H groups in total. The second-order valence-corrected chi connectivity index (χ2v) is 24.4. The zero-order valence-corrected chi connectivity index (χ0v) is 49.9. The molecule has 0 bridgehead atoms. The Morgan fingerprint density at radius 3 is 1.14 bits per heavy atom. The maximum absolute atomic E-state index is 13.5. The van der Waals surface area contributed by atoms with Gasteiger partial charge in [0, 0.05) is 12.8 Å². The van der Waals surface area contributed by atoms with Crippen LogP contribution in [-0.4, -0.2) is 74.3 Å². The summed E-state index contributed by atoms with van der Waals surface area (Å²) in [6, 6.07) is -0.839. The van der Waals surface area contributed by atoms with Crippen molar-refractivity contribution in [1.29, 1.82) is 0 Å². The van der Waals surface area contributed by atoms with E-state index in [0.717, 1.165) is 57.8 Å². The Morgan fingerprint density at radius 1 is 0.472 bits per heavy atom. The number of rotatable bonds is 58. The number of likely N-dealkylation sites (N-methyl/N-ethyl adjacent to an activating group) is 1. The van der Waals surface area contributed by atoms with Gasteiger partial charge in [0.05, 0.1) is 33.8 Å². The molecule has 72 heavy (non-hydrogen) atoms. The molecule has 0 aliphatic carbocycles. The molecular formula is C62H124N2O7P+. The monoisotopic (exact) mass is 1040 g/mol. The number of phosphoric ester groups is 1. The van der Waals surface area contributed by atoms with Crippen molar-refractivity contribution < 1.29 is 37.3 Å². The summed E-state index contributed by atoms with van der Waals surface area (Å²) in [7, 11) is 1.52. The number of allylic oxidation sites excluding steroid dienone is 1. The fourth-order valence-electron chi connectivity index (χ4n) is 9.59. The minimum Gasteiger partial charge on any atom is -0.456 e. The molecule has 0 saturated heterocycles. The molecule has 0 spiro atoms. The summed E-state index contributed by atoms with van der Waals surface area (Å²) in [5, 5.41) is 3.07. The highest BCUT2D eigenvalue weighted by Gasteiger charge is 2.30. The zero-order valence-electron chi connectivity index (χ0n) is 49.0. The second-order valence-electron chi connectivity index (χ2n) is 23.0. The van der Waals surface area contributed by atoms with Crippen molar-refractivity contribution in [2.75, 3.05) is 40.9 Å². The van der Waals surface area contributed by atoms with Crippen molar-refractivity contribution in [3.05, 3.63) is 12.2 Å². The molecule has 3 atom stereocenters. The summed E-state index contributed by atoms with van der Waals surface area (Å²) in [5.41, 5.74) is 0. The van der Waals surface area contributed by atoms with E-state index in [1.165, 1.54) is 231 Å². The lowest BCUT2D eigenvalue weighted by Crippen LogP contribution is -2.47. The summed E-state index contributed by atoms with van der Waals surface area (Å²) in [5.74, 6) is -0.482. The summed E-state index contributed by atoms with van der Waals surface area (Å²) in [6.45, 7) is 7.07. The first-order valence-corrected chi connectivity index (χ1v) is 33.0. The van der Waals surface area contributed by atoms with E-state index in [2.05, 4.69) is 26.1 Å². The molecule has 0 aliphatic heterocycles. The lowest BCUT2D eigenvalue weighted by Gasteiger charge is -2.27. The molecule has 1 amide bonds. The maximum atomic E-state index is 13.5. The van der Waals surface area contributed by atoms with Crippen LogP contribution in [0.15, 0.2) is 12.2 Å². The Hall–Kier alpha value is -1.25. The molecule has 9 nitrogen and oxygen atoms in total. The van der Waals surface area contributed by atoms with E-state index in [1.807, 2.05) is 33.3 Å². The van der Waals surface area contributed by atoms with Crippen LogP contribution in [0.3, 0.4) is 0 Å². The van der Waals surface area contributed by atoms with Crippen molar-refractivity contribution in [3.8, 4) is 0 Å². The zero-order chi connectivity index (χ0) is 52.9. The van der Waals surface area contributed by atoms with E-state index in [1.54, 1.807) is 0 Å². The molecule has 0 radical (unpaired) electrons. The van der Waals surface area contributed by atoms with Crippen LogP contribution in [0.1, 0.15) is 323 Å². The van der Waals surface area contributed by atoms with Gasteiger partial charge < -0.3 is 19.4 Å². The average molecular weight is 1040 g/mol. The Morgan fingerprint density at radius 2 is 0.792 bits per heavy atom. The number of nitrogens with zero attached hydrogens (tertiary/aromatic N) is 1. The first-order chi connectivity index (χ1) is 34.9. The van der Waals surface area contributed by atoms with Crippen LogP contribution >= 0.6 is 7.82 Å². The SMILES string of the molecule is CCCCCCCCCCCC/C=C/C(OC(=O)CCCCCCCCCCCCCCCCCCC)C(COP(=O)(O)OCC[N+](C)(C)C)NC(=O)CCCCCCCCCCCCCCCCCCC. The van der Waals surface area contributed by atoms with Gasteiger partial charge in [0.15, 0.2) is 0 Å². The van der Waals surface area contributed by atoms with E-state index < -0.39 is 20.0 Å². The molecule has 428 valence electrons. The molecule has 0 aliphatic rings. The van der Waals surface area contributed by atoms with Crippen molar-refractivity contribution in [2.24, 2.45) is 0 Å². The Labute approximate surface area is 448 Å². The highest BCUT2D eigenvalue weighted by molar-refractivity contribution is 7.47. The fourth-order valence-corrected chi connectivity index (χ4v) is 10.3. The van der Waals surface area contributed by atoms with Gasteiger partial charge in [-0.1, -0.05) is 290 Å². The van der Waals surface area contributed by atoms with Gasteiger partial charge in [0.2, 0.25) is 5.91 Å². The van der Waals surface area contributed by atoms with Crippen molar-refractivity contribution in [3.63, 3.8) is 0 Å². The van der Waals surface area contributed by atoms with Crippen LogP contribution < -0.4 is 5.32 Å². The lowest BCUT2D eigenvalue weighted by molar-refractivity contribution is -0.870. The van der Waals surface area contributed by atoms with Crippen LogP contribution in [0, 0.1) is 0 Å². The molecule has 0 aromatic rings. The lowest BCUT2D eigenvalue weighted by atomic mass is 10.0. The maximum Gasteiger partial charge on any atom is 0.472 e. The van der Waals surface area contributed by atoms with Gasteiger partial charge in [-0.05, 0) is 31.8 Å². The molecule has 10 heteroatoms. The summed E-state index contributed by atoms with van der Waals surface area (Å²) < 4.78 is 30.7. The summed E-state index contributed by atoms with van der Waals surface area (Å²) >= 11 is 0. The van der Waals surface area contributed by atoms with Gasteiger partial charge >= 0.3 is 13.8 Å². The number of unbranched alkanes of at least 4 members (excludes halogenated alkanes) is 42. The predicted molar refractivity (Wildman–Crippen MR) is 310 cm³/mol. The predicted octanol–water partition coefficient (Wildman–Crippen LogP) is 19.2. The summed E-state index contributed by atoms with van der Waals surface area (Å²) in [4.78, 5) is 37.7. The third-order valence-corrected chi connectivity index (χ3v) is 15.5. The number of ether oxygens (including phenoxy) is 1. The minimum absolute atomic E-state index is 0.0458. The number of nitrogens with one attached hydrogen (secondary N) is 1. The van der Waals surface area contributed by atoms with Crippen molar-refractivity contribution in [2.45, 2.75) is 335 Å². The number of carbonyl (C=O) groups is 2. The van der Waals surface area contributed by atoms with Gasteiger partial charge in [-0.25, -0.2) is 4.57 Å². The Kier molecular flexibility index (Phi) is 52.2. The topological polar surface area (TPSA) is 111 Å². The number of hydrogen-bond donors (Lipinski definition) is 2. The number of hydrogen-bond acceptors (Lipinski definition) is 6. The smallest absolute Gasteiger partial charge is 0.456 e.